The van der Waals surface area contributed by atoms with Crippen LogP contribution in [0, 0.1) is 0 Å². The number of carbonyl (C=O) groups is 1. The highest BCUT2D eigenvalue weighted by Gasteiger charge is 2.27. The number of nitrogens with zero attached hydrogens (tertiary/aromatic N) is 1. The Labute approximate surface area is 84.2 Å². The molecule has 1 amide bonds. The van der Waals surface area contributed by atoms with Gasteiger partial charge in [0.2, 0.25) is 0 Å². The van der Waals surface area contributed by atoms with Crippen molar-refractivity contribution in [2.75, 3.05) is 13.1 Å². The van der Waals surface area contributed by atoms with Crippen molar-refractivity contribution < 1.29 is 9.53 Å². The molecule has 0 spiro atoms. The molecule has 0 atom stereocenters. The van der Waals surface area contributed by atoms with Crippen molar-refractivity contribution in [2.24, 2.45) is 0 Å². The zero-order valence-corrected chi connectivity index (χ0v) is 9.10. The van der Waals surface area contributed by atoms with Crippen molar-refractivity contribution >= 4 is 18.9 Å². The predicted molar refractivity (Wildman–Crippen MR) is 53.7 cm³/mol. The molecular formula is C8H16N2O2S. The molecule has 1 aliphatic heterocycles. The molecule has 1 saturated heterocycles. The van der Waals surface area contributed by atoms with Crippen molar-refractivity contribution in [1.82, 2.24) is 9.62 Å². The summed E-state index contributed by atoms with van der Waals surface area (Å²) in [6.45, 7) is 7.10. The Morgan fingerprint density at radius 2 is 2.08 bits per heavy atom. The van der Waals surface area contributed by atoms with E-state index in [1.54, 1.807) is 0 Å². The monoisotopic (exact) mass is 204 g/mol. The van der Waals surface area contributed by atoms with Crippen LogP contribution in [-0.4, -0.2) is 35.1 Å². The average molecular weight is 204 g/mol. The van der Waals surface area contributed by atoms with E-state index in [-0.39, 0.29) is 12.1 Å². The Bertz CT molecular complexity index is 197. The second kappa shape index (κ2) is 3.75. The van der Waals surface area contributed by atoms with Crippen LogP contribution in [0.2, 0.25) is 0 Å². The highest BCUT2D eigenvalue weighted by atomic mass is 32.1. The van der Waals surface area contributed by atoms with Crippen LogP contribution in [0.3, 0.4) is 0 Å². The molecule has 1 heterocycles. The van der Waals surface area contributed by atoms with Crippen LogP contribution in [0.5, 0.6) is 0 Å². The van der Waals surface area contributed by atoms with Gasteiger partial charge in [0.05, 0.1) is 6.04 Å². The third-order valence-corrected chi connectivity index (χ3v) is 1.91. The number of carbonyl (C=O) groups excluding carboxylic acids is 1. The van der Waals surface area contributed by atoms with Crippen molar-refractivity contribution in [3.8, 4) is 0 Å². The molecule has 13 heavy (non-hydrogen) atoms. The van der Waals surface area contributed by atoms with Gasteiger partial charge in [-0.25, -0.2) is 9.10 Å². The third-order valence-electron chi connectivity index (χ3n) is 1.58. The molecule has 0 saturated carbocycles. The Kier molecular flexibility index (Phi) is 3.08. The largest absolute Gasteiger partial charge is 0.444 e. The van der Waals surface area contributed by atoms with Crippen molar-refractivity contribution in [2.45, 2.75) is 32.4 Å². The van der Waals surface area contributed by atoms with E-state index < -0.39 is 5.60 Å². The Morgan fingerprint density at radius 1 is 1.54 bits per heavy atom. The van der Waals surface area contributed by atoms with E-state index in [1.165, 1.54) is 0 Å². The zero-order chi connectivity index (χ0) is 10.1. The van der Waals surface area contributed by atoms with E-state index in [9.17, 15) is 4.79 Å². The standard InChI is InChI=1S/C8H16N2O2S/c1-8(2,3)12-7(11)9-6-4-10(13)5-6/h6,13H,4-5H2,1-3H3,(H,9,11). The Balaban J connectivity index is 2.19. The fraction of sp³-hybridized carbons (Fsp3) is 0.875. The lowest BCUT2D eigenvalue weighted by Crippen LogP contribution is -2.56. The molecule has 0 radical (unpaired) electrons. The number of hydrogen-bond donors (Lipinski definition) is 2. The number of ether oxygens (including phenoxy) is 1. The van der Waals surface area contributed by atoms with E-state index in [4.69, 9.17) is 4.74 Å². The summed E-state index contributed by atoms with van der Waals surface area (Å²) in [5.74, 6) is 0. The van der Waals surface area contributed by atoms with Crippen LogP contribution in [0.4, 0.5) is 4.79 Å². The number of amides is 1. The van der Waals surface area contributed by atoms with E-state index in [2.05, 4.69) is 18.1 Å². The second-order valence-corrected chi connectivity index (χ2v) is 4.78. The van der Waals surface area contributed by atoms with Gasteiger partial charge in [0.15, 0.2) is 0 Å². The van der Waals surface area contributed by atoms with Gasteiger partial charge in [0.25, 0.3) is 0 Å². The summed E-state index contributed by atoms with van der Waals surface area (Å²) in [5, 5.41) is 2.75. The van der Waals surface area contributed by atoms with Crippen LogP contribution in [0.15, 0.2) is 0 Å². The molecule has 0 aromatic rings. The van der Waals surface area contributed by atoms with Gasteiger partial charge in [-0.2, -0.15) is 0 Å². The summed E-state index contributed by atoms with van der Waals surface area (Å²) in [4.78, 5) is 11.2. The van der Waals surface area contributed by atoms with Crippen LogP contribution in [0.1, 0.15) is 20.8 Å². The number of rotatable bonds is 1. The molecule has 0 aromatic heterocycles. The lowest BCUT2D eigenvalue weighted by atomic mass is 10.2. The van der Waals surface area contributed by atoms with E-state index in [0.29, 0.717) is 0 Å². The fourth-order valence-corrected chi connectivity index (χ4v) is 1.42. The highest BCUT2D eigenvalue weighted by Crippen LogP contribution is 2.11. The molecule has 0 aromatic carbocycles. The maximum atomic E-state index is 11.2. The van der Waals surface area contributed by atoms with E-state index in [0.717, 1.165) is 13.1 Å². The van der Waals surface area contributed by atoms with Crippen molar-refractivity contribution in [1.29, 1.82) is 0 Å². The molecule has 1 aliphatic rings. The summed E-state index contributed by atoms with van der Waals surface area (Å²) < 4.78 is 6.92. The molecule has 1 fully saturated rings. The predicted octanol–water partition coefficient (Wildman–Crippen LogP) is 1.04. The van der Waals surface area contributed by atoms with Gasteiger partial charge in [0.1, 0.15) is 5.60 Å². The van der Waals surface area contributed by atoms with Crippen LogP contribution < -0.4 is 5.32 Å². The first-order valence-electron chi connectivity index (χ1n) is 4.30. The van der Waals surface area contributed by atoms with Crippen LogP contribution >= 0.6 is 12.8 Å². The van der Waals surface area contributed by atoms with Gasteiger partial charge in [-0.05, 0) is 20.8 Å². The van der Waals surface area contributed by atoms with Gasteiger partial charge >= 0.3 is 6.09 Å². The summed E-state index contributed by atoms with van der Waals surface area (Å²) in [5.41, 5.74) is -0.422. The lowest BCUT2D eigenvalue weighted by molar-refractivity contribution is 0.0465. The van der Waals surface area contributed by atoms with Crippen LogP contribution in [-0.2, 0) is 4.74 Å². The maximum absolute atomic E-state index is 11.2. The topological polar surface area (TPSA) is 41.6 Å². The lowest BCUT2D eigenvalue weighted by Gasteiger charge is -2.35. The molecule has 0 bridgehead atoms. The van der Waals surface area contributed by atoms with Gasteiger partial charge in [-0.15, -0.1) is 0 Å². The van der Waals surface area contributed by atoms with Gasteiger partial charge in [-0.1, -0.05) is 12.8 Å². The molecule has 0 aliphatic carbocycles. The van der Waals surface area contributed by atoms with E-state index in [1.807, 2.05) is 25.1 Å². The minimum Gasteiger partial charge on any atom is -0.444 e. The minimum atomic E-state index is -0.422. The third kappa shape index (κ3) is 3.87. The quantitative estimate of drug-likeness (QED) is 0.627. The summed E-state index contributed by atoms with van der Waals surface area (Å²) in [7, 11) is 0. The normalized spacial score (nSPS) is 19.4. The molecule has 1 rings (SSSR count). The SMILES string of the molecule is CC(C)(C)OC(=O)NC1CN(S)C1. The number of nitrogens with one attached hydrogen (secondary N) is 1. The summed E-state index contributed by atoms with van der Waals surface area (Å²) >= 11 is 4.09. The smallest absolute Gasteiger partial charge is 0.407 e. The second-order valence-electron chi connectivity index (χ2n) is 4.21. The van der Waals surface area contributed by atoms with E-state index >= 15 is 0 Å². The first kappa shape index (κ1) is 10.7. The minimum absolute atomic E-state index is 0.187. The van der Waals surface area contributed by atoms with Gasteiger partial charge in [-0.3, -0.25) is 0 Å². The molecule has 0 unspecified atom stereocenters. The highest BCUT2D eigenvalue weighted by molar-refractivity contribution is 7.77. The molecule has 76 valence electrons. The Hall–Kier alpha value is -0.420. The van der Waals surface area contributed by atoms with Crippen LogP contribution in [0.25, 0.3) is 0 Å². The van der Waals surface area contributed by atoms with Crippen molar-refractivity contribution in [3.05, 3.63) is 0 Å². The molecule has 1 N–H and O–H groups in total. The zero-order valence-electron chi connectivity index (χ0n) is 8.20. The Morgan fingerprint density at radius 3 is 2.46 bits per heavy atom. The fourth-order valence-electron chi connectivity index (χ4n) is 1.02. The molecular weight excluding hydrogens is 188 g/mol. The number of thiol groups is 1. The first-order valence-corrected chi connectivity index (χ1v) is 4.70. The van der Waals surface area contributed by atoms with Gasteiger partial charge < -0.3 is 10.1 Å². The average Bonchev–Trinajstić information content (AvgIpc) is 1.79. The molecule has 4 nitrogen and oxygen atoms in total. The van der Waals surface area contributed by atoms with Gasteiger partial charge in [0, 0.05) is 13.1 Å². The maximum Gasteiger partial charge on any atom is 0.407 e. The van der Waals surface area contributed by atoms with Crippen molar-refractivity contribution in [3.63, 3.8) is 0 Å². The number of alkyl carbamates (subject to hydrolysis) is 1. The number of hydrogen-bond acceptors (Lipinski definition) is 4. The summed E-state index contributed by atoms with van der Waals surface area (Å²) in [6, 6.07) is 0.187. The first-order chi connectivity index (χ1) is 5.87. The molecule has 5 heteroatoms. The summed E-state index contributed by atoms with van der Waals surface area (Å²) in [6.07, 6.45) is -0.348.